The quantitative estimate of drug-likeness (QED) is 0.506. The monoisotopic (exact) mass is 373 g/mol. The Morgan fingerprint density at radius 2 is 1.64 bits per heavy atom. The van der Waals surface area contributed by atoms with Gasteiger partial charge < -0.3 is 9.64 Å². The fourth-order valence-electron chi connectivity index (χ4n) is 3.42. The van der Waals surface area contributed by atoms with Gasteiger partial charge in [0.15, 0.2) is 12.4 Å². The van der Waals surface area contributed by atoms with Crippen molar-refractivity contribution in [3.05, 3.63) is 78.4 Å². The van der Waals surface area contributed by atoms with Gasteiger partial charge in [-0.2, -0.15) is 0 Å². The molecule has 0 bridgehead atoms. The van der Waals surface area contributed by atoms with Crippen LogP contribution in [0.1, 0.15) is 16.8 Å². The average Bonchev–Trinajstić information content (AvgIpc) is 3.13. The number of nitrogens with zero attached hydrogens (tertiary/aromatic N) is 1. The molecule has 1 fully saturated rings. The molecule has 1 heterocycles. The van der Waals surface area contributed by atoms with Crippen LogP contribution in [0.2, 0.25) is 0 Å². The maximum Gasteiger partial charge on any atom is 0.311 e. The maximum atomic E-state index is 12.4. The number of ether oxygens (including phenoxy) is 1. The van der Waals surface area contributed by atoms with Gasteiger partial charge in [-0.3, -0.25) is 14.4 Å². The van der Waals surface area contributed by atoms with Crippen molar-refractivity contribution in [2.45, 2.75) is 6.42 Å². The van der Waals surface area contributed by atoms with Crippen LogP contribution in [0.25, 0.3) is 10.8 Å². The molecule has 0 spiro atoms. The van der Waals surface area contributed by atoms with Crippen LogP contribution in [0.15, 0.2) is 72.8 Å². The van der Waals surface area contributed by atoms with Gasteiger partial charge in [0.25, 0.3) is 0 Å². The highest BCUT2D eigenvalue weighted by Gasteiger charge is 2.36. The van der Waals surface area contributed by atoms with Gasteiger partial charge in [0.2, 0.25) is 5.91 Å². The molecule has 0 aliphatic carbocycles. The molecule has 1 atom stereocenters. The van der Waals surface area contributed by atoms with Gasteiger partial charge in [-0.05, 0) is 29.0 Å². The molecule has 1 amide bonds. The van der Waals surface area contributed by atoms with Gasteiger partial charge in [0.05, 0.1) is 5.92 Å². The number of para-hydroxylation sites is 1. The molecule has 0 N–H and O–H groups in total. The minimum Gasteiger partial charge on any atom is -0.457 e. The number of amides is 1. The molecule has 1 aliphatic heterocycles. The van der Waals surface area contributed by atoms with E-state index >= 15 is 0 Å². The third kappa shape index (κ3) is 3.64. The predicted octanol–water partition coefficient (Wildman–Crippen LogP) is 3.62. The molecule has 1 aliphatic rings. The SMILES string of the molecule is O=C(COC(=O)[C@@H]1CC(=O)N(c2ccccc2)C1)c1ccc2ccccc2c1. The van der Waals surface area contributed by atoms with Crippen LogP contribution < -0.4 is 4.90 Å². The van der Waals surface area contributed by atoms with E-state index < -0.39 is 11.9 Å². The summed E-state index contributed by atoms with van der Waals surface area (Å²) in [6.45, 7) is -0.0565. The van der Waals surface area contributed by atoms with Crippen molar-refractivity contribution in [2.75, 3.05) is 18.1 Å². The van der Waals surface area contributed by atoms with E-state index in [4.69, 9.17) is 4.74 Å². The Morgan fingerprint density at radius 3 is 2.43 bits per heavy atom. The summed E-state index contributed by atoms with van der Waals surface area (Å²) in [5.74, 6) is -1.45. The first-order valence-corrected chi connectivity index (χ1v) is 9.16. The van der Waals surface area contributed by atoms with Crippen LogP contribution in [-0.4, -0.2) is 30.8 Å². The summed E-state index contributed by atoms with van der Waals surface area (Å²) in [7, 11) is 0. The molecule has 0 unspecified atom stereocenters. The molecule has 28 heavy (non-hydrogen) atoms. The number of carbonyl (C=O) groups is 3. The van der Waals surface area contributed by atoms with E-state index in [-0.39, 0.29) is 31.3 Å². The summed E-state index contributed by atoms with van der Waals surface area (Å²) in [6.07, 6.45) is 0.0951. The molecule has 0 saturated carbocycles. The van der Waals surface area contributed by atoms with Crippen molar-refractivity contribution in [2.24, 2.45) is 5.92 Å². The normalized spacial score (nSPS) is 16.4. The highest BCUT2D eigenvalue weighted by atomic mass is 16.5. The molecule has 140 valence electrons. The van der Waals surface area contributed by atoms with Crippen LogP contribution in [0, 0.1) is 5.92 Å². The molecule has 4 rings (SSSR count). The standard InChI is InChI=1S/C23H19NO4/c25-21(18-11-10-16-6-4-5-7-17(16)12-18)15-28-23(27)19-13-22(26)24(14-19)20-8-2-1-3-9-20/h1-12,19H,13-15H2/t19-/m1/s1. The fourth-order valence-corrected chi connectivity index (χ4v) is 3.42. The molecule has 5 nitrogen and oxygen atoms in total. The van der Waals surface area contributed by atoms with Crippen LogP contribution in [0.3, 0.4) is 0 Å². The second kappa shape index (κ2) is 7.64. The molecule has 0 radical (unpaired) electrons. The van der Waals surface area contributed by atoms with Crippen molar-refractivity contribution in [3.63, 3.8) is 0 Å². The largest absolute Gasteiger partial charge is 0.457 e. The molecule has 3 aromatic carbocycles. The average molecular weight is 373 g/mol. The van der Waals surface area contributed by atoms with Crippen molar-refractivity contribution in [3.8, 4) is 0 Å². The third-order valence-electron chi connectivity index (χ3n) is 4.94. The zero-order chi connectivity index (χ0) is 19.5. The second-order valence-corrected chi connectivity index (χ2v) is 6.83. The van der Waals surface area contributed by atoms with Crippen LogP contribution in [-0.2, 0) is 14.3 Å². The Kier molecular flexibility index (Phi) is 4.89. The van der Waals surface area contributed by atoms with Crippen molar-refractivity contribution >= 4 is 34.1 Å². The number of ketones is 1. The van der Waals surface area contributed by atoms with E-state index in [9.17, 15) is 14.4 Å². The lowest BCUT2D eigenvalue weighted by molar-refractivity contribution is -0.147. The van der Waals surface area contributed by atoms with Crippen LogP contribution in [0.4, 0.5) is 5.69 Å². The second-order valence-electron chi connectivity index (χ2n) is 6.83. The van der Waals surface area contributed by atoms with E-state index in [0.29, 0.717) is 5.56 Å². The van der Waals surface area contributed by atoms with Crippen molar-refractivity contribution in [1.82, 2.24) is 0 Å². The van der Waals surface area contributed by atoms with Gasteiger partial charge in [0, 0.05) is 24.2 Å². The highest BCUT2D eigenvalue weighted by Crippen LogP contribution is 2.25. The van der Waals surface area contributed by atoms with Gasteiger partial charge in [-0.25, -0.2) is 0 Å². The third-order valence-corrected chi connectivity index (χ3v) is 4.94. The summed E-state index contributed by atoms with van der Waals surface area (Å²) < 4.78 is 5.22. The molecule has 0 aromatic heterocycles. The number of anilines is 1. The first kappa shape index (κ1) is 17.9. The van der Waals surface area contributed by atoms with E-state index in [2.05, 4.69) is 0 Å². The fraction of sp³-hybridized carbons (Fsp3) is 0.174. The van der Waals surface area contributed by atoms with Gasteiger partial charge in [-0.1, -0.05) is 54.6 Å². The Labute approximate surface area is 162 Å². The van der Waals surface area contributed by atoms with E-state index in [1.807, 2.05) is 60.7 Å². The number of Topliss-reactive ketones (excluding diaryl/α,β-unsaturated/α-hetero) is 1. The summed E-state index contributed by atoms with van der Waals surface area (Å²) in [5.41, 5.74) is 1.26. The molecular weight excluding hydrogens is 354 g/mol. The number of carbonyl (C=O) groups excluding carboxylic acids is 3. The van der Waals surface area contributed by atoms with Gasteiger partial charge in [0.1, 0.15) is 0 Å². The Balaban J connectivity index is 1.37. The van der Waals surface area contributed by atoms with Crippen molar-refractivity contribution in [1.29, 1.82) is 0 Å². The molecule has 3 aromatic rings. The number of benzene rings is 3. The zero-order valence-electron chi connectivity index (χ0n) is 15.2. The predicted molar refractivity (Wildman–Crippen MR) is 106 cm³/mol. The van der Waals surface area contributed by atoms with Crippen molar-refractivity contribution < 1.29 is 19.1 Å². The minimum atomic E-state index is -0.558. The first-order valence-electron chi connectivity index (χ1n) is 9.16. The molecule has 5 heteroatoms. The van der Waals surface area contributed by atoms with E-state index in [0.717, 1.165) is 16.5 Å². The summed E-state index contributed by atoms with van der Waals surface area (Å²) in [5, 5.41) is 2.00. The maximum absolute atomic E-state index is 12.4. The number of rotatable bonds is 5. The highest BCUT2D eigenvalue weighted by molar-refractivity contribution is 6.02. The van der Waals surface area contributed by atoms with Crippen LogP contribution in [0.5, 0.6) is 0 Å². The Hall–Kier alpha value is -3.47. The summed E-state index contributed by atoms with van der Waals surface area (Å²) >= 11 is 0. The zero-order valence-corrected chi connectivity index (χ0v) is 15.2. The van der Waals surface area contributed by atoms with E-state index in [1.54, 1.807) is 17.0 Å². The summed E-state index contributed by atoms with van der Waals surface area (Å²) in [6, 6.07) is 22.4. The number of hydrogen-bond acceptors (Lipinski definition) is 4. The number of esters is 1. The Bertz CT molecular complexity index is 1040. The summed E-state index contributed by atoms with van der Waals surface area (Å²) in [4.78, 5) is 38.6. The van der Waals surface area contributed by atoms with Gasteiger partial charge in [-0.15, -0.1) is 0 Å². The molecule has 1 saturated heterocycles. The van der Waals surface area contributed by atoms with Gasteiger partial charge >= 0.3 is 5.97 Å². The number of fused-ring (bicyclic) bond motifs is 1. The smallest absolute Gasteiger partial charge is 0.311 e. The lowest BCUT2D eigenvalue weighted by Gasteiger charge is -2.16. The molecular formula is C23H19NO4. The number of hydrogen-bond donors (Lipinski definition) is 0. The minimum absolute atomic E-state index is 0.0951. The topological polar surface area (TPSA) is 63.7 Å². The Morgan fingerprint density at radius 1 is 0.929 bits per heavy atom. The van der Waals surface area contributed by atoms with Crippen LogP contribution >= 0.6 is 0 Å². The lowest BCUT2D eigenvalue weighted by Crippen LogP contribution is -2.27. The van der Waals surface area contributed by atoms with E-state index in [1.165, 1.54) is 0 Å². The lowest BCUT2D eigenvalue weighted by atomic mass is 10.0. The first-order chi connectivity index (χ1) is 13.6.